The molecule has 13 nitrogen and oxygen atoms in total. The van der Waals surface area contributed by atoms with Crippen molar-refractivity contribution < 1.29 is 33.8 Å². The number of nitrogens with one attached hydrogen (secondary N) is 1. The van der Waals surface area contributed by atoms with E-state index >= 15 is 0 Å². The largest absolute Gasteiger partial charge is 0.507 e. The van der Waals surface area contributed by atoms with Crippen LogP contribution in [0.15, 0.2) is 36.4 Å². The molecule has 3 fully saturated rings. The Morgan fingerprint density at radius 2 is 1.50 bits per heavy atom. The Bertz CT molecular complexity index is 1640. The standard InChI is InChI=1S/C43H62N6O7/c1-4-5-6-9-26-55-39(50)30-45-22-24-46(25-23-45)35-13-17-47(18-14-35)41(52)38(29-33-27-31(2)40(51)32(3)28-33)56-43(54)48-19-15-36(16-20-48)49-21-12-34-10-7-8-11-37(34)44-42(49)53/h7-8,10-11,27-28,35-36,38,51H,4-6,9,12-26,29-30H2,1-3H3,(H,44,53)/t38-/m1/s1. The number of nitrogens with zero attached hydrogens (tertiary/aromatic N) is 5. The number of benzene rings is 2. The Morgan fingerprint density at radius 3 is 2.20 bits per heavy atom. The first-order chi connectivity index (χ1) is 27.1. The topological polar surface area (TPSA) is 135 Å². The van der Waals surface area contributed by atoms with Gasteiger partial charge in [0.15, 0.2) is 6.10 Å². The van der Waals surface area contributed by atoms with E-state index in [1.165, 1.54) is 6.42 Å². The Kier molecular flexibility index (Phi) is 14.5. The van der Waals surface area contributed by atoms with Gasteiger partial charge in [-0.05, 0) is 80.7 Å². The first-order valence-corrected chi connectivity index (χ1v) is 20.9. The first-order valence-electron chi connectivity index (χ1n) is 20.9. The van der Waals surface area contributed by atoms with E-state index in [4.69, 9.17) is 9.47 Å². The minimum atomic E-state index is -1.01. The summed E-state index contributed by atoms with van der Waals surface area (Å²) in [5.41, 5.74) is 4.21. The molecule has 0 aliphatic carbocycles. The predicted octanol–water partition coefficient (Wildman–Crippen LogP) is 5.34. The van der Waals surface area contributed by atoms with Crippen molar-refractivity contribution in [1.29, 1.82) is 0 Å². The average molecular weight is 775 g/mol. The number of carbonyl (C=O) groups is 4. The van der Waals surface area contributed by atoms with Crippen molar-refractivity contribution in [3.8, 4) is 5.75 Å². The SMILES string of the molecule is CCCCCCOC(=O)CN1CCN(C2CCN(C(=O)[C@@H](Cc3cc(C)c(O)c(C)c3)OC(=O)N3CCC(N4CCc5ccccc5NC4=O)CC3)CC2)CC1. The van der Waals surface area contributed by atoms with Crippen molar-refractivity contribution in [3.63, 3.8) is 0 Å². The van der Waals surface area contributed by atoms with Gasteiger partial charge in [0, 0.05) is 83.1 Å². The van der Waals surface area contributed by atoms with Gasteiger partial charge in [0.2, 0.25) is 0 Å². The van der Waals surface area contributed by atoms with E-state index in [-0.39, 0.29) is 36.1 Å². The van der Waals surface area contributed by atoms with Crippen molar-refractivity contribution in [2.24, 2.45) is 0 Å². The molecule has 0 unspecified atom stereocenters. The minimum absolute atomic E-state index is 0.000348. The van der Waals surface area contributed by atoms with E-state index in [0.717, 1.165) is 81.5 Å². The second kappa shape index (κ2) is 19.7. The summed E-state index contributed by atoms with van der Waals surface area (Å²) in [5.74, 6) is -0.124. The van der Waals surface area contributed by atoms with Crippen LogP contribution in [0.2, 0.25) is 0 Å². The van der Waals surface area contributed by atoms with Crippen molar-refractivity contribution in [2.45, 2.75) is 103 Å². The van der Waals surface area contributed by atoms with Gasteiger partial charge in [-0.2, -0.15) is 0 Å². The first kappa shape index (κ1) is 41.3. The number of aromatic hydroxyl groups is 1. The summed E-state index contributed by atoms with van der Waals surface area (Å²) in [4.78, 5) is 63.5. The van der Waals surface area contributed by atoms with Crippen LogP contribution in [0, 0.1) is 13.8 Å². The minimum Gasteiger partial charge on any atom is -0.507 e. The highest BCUT2D eigenvalue weighted by Crippen LogP contribution is 2.28. The zero-order valence-corrected chi connectivity index (χ0v) is 33.7. The fraction of sp³-hybridized carbons (Fsp3) is 0.628. The summed E-state index contributed by atoms with van der Waals surface area (Å²) in [7, 11) is 0. The van der Waals surface area contributed by atoms with Gasteiger partial charge in [-0.25, -0.2) is 9.59 Å². The smallest absolute Gasteiger partial charge is 0.410 e. The second-order valence-electron chi connectivity index (χ2n) is 16.1. The molecular weight excluding hydrogens is 713 g/mol. The molecule has 3 saturated heterocycles. The number of phenolic OH excluding ortho intramolecular Hbond substituents is 1. The fourth-order valence-corrected chi connectivity index (χ4v) is 8.74. The monoisotopic (exact) mass is 774 g/mol. The highest BCUT2D eigenvalue weighted by atomic mass is 16.6. The van der Waals surface area contributed by atoms with Crippen LogP contribution in [0.5, 0.6) is 5.75 Å². The molecular formula is C43H62N6O7. The molecule has 13 heteroatoms. The maximum absolute atomic E-state index is 14.2. The van der Waals surface area contributed by atoms with E-state index < -0.39 is 12.2 Å². The number of aryl methyl sites for hydroxylation is 2. The molecule has 2 N–H and O–H groups in total. The van der Waals surface area contributed by atoms with Gasteiger partial charge in [0.1, 0.15) is 5.75 Å². The number of ether oxygens (including phenoxy) is 2. The molecule has 0 spiro atoms. The zero-order chi connectivity index (χ0) is 39.6. The van der Waals surface area contributed by atoms with E-state index in [9.17, 15) is 24.3 Å². The maximum Gasteiger partial charge on any atom is 0.410 e. The lowest BCUT2D eigenvalue weighted by Crippen LogP contribution is -2.55. The normalized spacial score (nSPS) is 19.6. The van der Waals surface area contributed by atoms with E-state index in [1.54, 1.807) is 4.90 Å². The molecule has 2 aromatic carbocycles. The number of hydrogen-bond acceptors (Lipinski definition) is 9. The molecule has 0 bridgehead atoms. The lowest BCUT2D eigenvalue weighted by atomic mass is 9.98. The van der Waals surface area contributed by atoms with Gasteiger partial charge in [0.05, 0.1) is 13.2 Å². The number of hydrogen-bond donors (Lipinski definition) is 2. The summed E-state index contributed by atoms with van der Waals surface area (Å²) in [5, 5.41) is 13.5. The van der Waals surface area contributed by atoms with Crippen molar-refractivity contribution in [3.05, 3.63) is 58.7 Å². The zero-order valence-electron chi connectivity index (χ0n) is 33.7. The fourth-order valence-electron chi connectivity index (χ4n) is 8.74. The van der Waals surface area contributed by atoms with Crippen molar-refractivity contribution >= 4 is 29.7 Å². The number of carbonyl (C=O) groups excluding carboxylic acids is 4. The number of likely N-dealkylation sites (tertiary alicyclic amines) is 2. The molecule has 4 amide bonds. The molecule has 4 aliphatic heterocycles. The number of piperidine rings is 2. The number of amides is 4. The summed E-state index contributed by atoms with van der Waals surface area (Å²) in [6, 6.07) is 11.8. The molecule has 1 atom stereocenters. The van der Waals surface area contributed by atoms with Crippen LogP contribution in [0.25, 0.3) is 0 Å². The second-order valence-corrected chi connectivity index (χ2v) is 16.1. The molecule has 4 aliphatic rings. The van der Waals surface area contributed by atoms with Crippen LogP contribution < -0.4 is 5.32 Å². The summed E-state index contributed by atoms with van der Waals surface area (Å²) in [6.45, 7) is 12.6. The lowest BCUT2D eigenvalue weighted by molar-refractivity contribution is -0.145. The maximum atomic E-state index is 14.2. The molecule has 306 valence electrons. The Balaban J connectivity index is 1.00. The van der Waals surface area contributed by atoms with Gasteiger partial charge < -0.3 is 34.6 Å². The van der Waals surface area contributed by atoms with E-state index in [2.05, 4.69) is 22.0 Å². The Morgan fingerprint density at radius 1 is 0.839 bits per heavy atom. The molecule has 6 rings (SSSR count). The van der Waals surface area contributed by atoms with Gasteiger partial charge in [-0.1, -0.05) is 56.5 Å². The third-order valence-corrected chi connectivity index (χ3v) is 12.1. The van der Waals surface area contributed by atoms with Crippen LogP contribution in [0.1, 0.15) is 80.5 Å². The van der Waals surface area contributed by atoms with Crippen LogP contribution >= 0.6 is 0 Å². The molecule has 56 heavy (non-hydrogen) atoms. The molecule has 0 radical (unpaired) electrons. The number of rotatable bonds is 13. The predicted molar refractivity (Wildman–Crippen MR) is 215 cm³/mol. The van der Waals surface area contributed by atoms with Crippen LogP contribution in [-0.4, -0.2) is 144 Å². The number of phenols is 1. The highest BCUT2D eigenvalue weighted by Gasteiger charge is 2.37. The van der Waals surface area contributed by atoms with Crippen LogP contribution in [-0.2, 0) is 31.9 Å². The molecule has 0 saturated carbocycles. The number of anilines is 1. The third kappa shape index (κ3) is 10.7. The molecule has 0 aromatic heterocycles. The van der Waals surface area contributed by atoms with Gasteiger partial charge in [-0.3, -0.25) is 19.4 Å². The van der Waals surface area contributed by atoms with E-state index in [1.807, 2.05) is 60.0 Å². The Hall–Kier alpha value is -4.36. The van der Waals surface area contributed by atoms with Crippen LogP contribution in [0.3, 0.4) is 0 Å². The summed E-state index contributed by atoms with van der Waals surface area (Å²) in [6.07, 6.45) is 6.68. The van der Waals surface area contributed by atoms with Gasteiger partial charge in [0.25, 0.3) is 5.91 Å². The molecule has 2 aromatic rings. The van der Waals surface area contributed by atoms with Gasteiger partial charge >= 0.3 is 18.1 Å². The molecule has 4 heterocycles. The highest BCUT2D eigenvalue weighted by molar-refractivity contribution is 5.91. The number of para-hydroxylation sites is 1. The summed E-state index contributed by atoms with van der Waals surface area (Å²) >= 11 is 0. The number of urea groups is 1. The van der Waals surface area contributed by atoms with Crippen molar-refractivity contribution in [2.75, 3.05) is 77.4 Å². The van der Waals surface area contributed by atoms with Gasteiger partial charge in [-0.15, -0.1) is 0 Å². The number of fused-ring (bicyclic) bond motifs is 1. The quantitative estimate of drug-likeness (QED) is 0.204. The number of piperazine rings is 1. The number of unbranched alkanes of at least 4 members (excludes halogenated alkanes) is 3. The summed E-state index contributed by atoms with van der Waals surface area (Å²) < 4.78 is 11.6. The number of esters is 1. The average Bonchev–Trinajstić information content (AvgIpc) is 3.37. The lowest BCUT2D eigenvalue weighted by Gasteiger charge is -2.43. The van der Waals surface area contributed by atoms with E-state index in [0.29, 0.717) is 75.9 Å². The third-order valence-electron chi connectivity index (χ3n) is 12.1. The van der Waals surface area contributed by atoms with Crippen LogP contribution in [0.4, 0.5) is 15.3 Å². The van der Waals surface area contributed by atoms with Crippen molar-refractivity contribution in [1.82, 2.24) is 24.5 Å². The Labute approximate surface area is 332 Å².